The molecule has 1 aromatic carbocycles. The second-order valence-corrected chi connectivity index (χ2v) is 6.65. The van der Waals surface area contributed by atoms with Crippen LogP contribution in [0.1, 0.15) is 37.6 Å². The lowest BCUT2D eigenvalue weighted by Gasteiger charge is -2.23. The van der Waals surface area contributed by atoms with Crippen LogP contribution in [0.4, 0.5) is 0 Å². The topological polar surface area (TPSA) is 17.1 Å². The summed E-state index contributed by atoms with van der Waals surface area (Å²) in [6, 6.07) is 14.3. The summed E-state index contributed by atoms with van der Waals surface area (Å²) in [5.41, 5.74) is 2.12. The third-order valence-corrected chi connectivity index (χ3v) is 4.46. The Balaban J connectivity index is 2.10. The van der Waals surface area contributed by atoms with Crippen molar-refractivity contribution in [3.8, 4) is 0 Å². The molecule has 104 valence electrons. The minimum absolute atomic E-state index is 0.134. The maximum atomic E-state index is 12.3. The van der Waals surface area contributed by atoms with E-state index in [-0.39, 0.29) is 11.2 Å². The van der Waals surface area contributed by atoms with Crippen molar-refractivity contribution in [3.63, 3.8) is 0 Å². The monoisotopic (exact) mass is 284 g/mol. The van der Waals surface area contributed by atoms with E-state index in [2.05, 4.69) is 26.0 Å². The van der Waals surface area contributed by atoms with Crippen LogP contribution in [-0.4, -0.2) is 5.78 Å². The standard InChI is InChI=1S/C18H20OS/c1-14(17-10-7-11-20-17)12-16(19)13-18(2,3)15-8-5-4-6-9-15/h4-12H,13H2,1-3H3/b14-12-. The molecule has 0 saturated carbocycles. The number of thiophene rings is 1. The van der Waals surface area contributed by atoms with Gasteiger partial charge in [0.25, 0.3) is 0 Å². The highest BCUT2D eigenvalue weighted by Gasteiger charge is 2.23. The first-order valence-electron chi connectivity index (χ1n) is 6.79. The number of hydrogen-bond acceptors (Lipinski definition) is 2. The van der Waals surface area contributed by atoms with Gasteiger partial charge in [-0.25, -0.2) is 0 Å². The molecule has 1 heterocycles. The Morgan fingerprint density at radius 2 is 1.85 bits per heavy atom. The van der Waals surface area contributed by atoms with Crippen LogP contribution in [0.3, 0.4) is 0 Å². The molecule has 0 atom stereocenters. The second-order valence-electron chi connectivity index (χ2n) is 5.70. The second kappa shape index (κ2) is 6.19. The Bertz CT molecular complexity index is 592. The first kappa shape index (κ1) is 14.7. The van der Waals surface area contributed by atoms with Crippen molar-refractivity contribution in [1.82, 2.24) is 0 Å². The average molecular weight is 284 g/mol. The van der Waals surface area contributed by atoms with Crippen LogP contribution >= 0.6 is 11.3 Å². The van der Waals surface area contributed by atoms with Crippen molar-refractivity contribution < 1.29 is 4.79 Å². The fourth-order valence-corrected chi connectivity index (χ4v) is 3.00. The van der Waals surface area contributed by atoms with E-state index >= 15 is 0 Å². The summed E-state index contributed by atoms with van der Waals surface area (Å²) in [6.45, 7) is 6.24. The number of ketones is 1. The van der Waals surface area contributed by atoms with E-state index in [0.29, 0.717) is 6.42 Å². The fourth-order valence-electron chi connectivity index (χ4n) is 2.29. The number of carbonyl (C=O) groups excluding carboxylic acids is 1. The summed E-state index contributed by atoms with van der Waals surface area (Å²) in [6.07, 6.45) is 2.30. The molecule has 0 spiro atoms. The van der Waals surface area contributed by atoms with Gasteiger partial charge < -0.3 is 0 Å². The third-order valence-electron chi connectivity index (χ3n) is 3.46. The van der Waals surface area contributed by atoms with Gasteiger partial charge in [0.1, 0.15) is 0 Å². The van der Waals surface area contributed by atoms with Gasteiger partial charge in [-0.05, 0) is 41.0 Å². The van der Waals surface area contributed by atoms with Gasteiger partial charge in [-0.3, -0.25) is 4.79 Å². The van der Waals surface area contributed by atoms with E-state index in [9.17, 15) is 4.79 Å². The van der Waals surface area contributed by atoms with Crippen LogP contribution in [0.2, 0.25) is 0 Å². The number of allylic oxidation sites excluding steroid dienone is 2. The lowest BCUT2D eigenvalue weighted by atomic mass is 9.80. The minimum atomic E-state index is -0.134. The van der Waals surface area contributed by atoms with Crippen molar-refractivity contribution >= 4 is 22.7 Å². The molecule has 0 amide bonds. The van der Waals surface area contributed by atoms with Gasteiger partial charge in [0.05, 0.1) is 0 Å². The molecule has 2 heteroatoms. The molecule has 0 aliphatic carbocycles. The Morgan fingerprint density at radius 3 is 2.45 bits per heavy atom. The maximum absolute atomic E-state index is 12.3. The van der Waals surface area contributed by atoms with Gasteiger partial charge in [-0.2, -0.15) is 0 Å². The van der Waals surface area contributed by atoms with Gasteiger partial charge in [-0.1, -0.05) is 50.2 Å². The normalized spacial score (nSPS) is 12.4. The van der Waals surface area contributed by atoms with E-state index < -0.39 is 0 Å². The maximum Gasteiger partial charge on any atom is 0.156 e. The van der Waals surface area contributed by atoms with Crippen LogP contribution in [0.15, 0.2) is 53.9 Å². The molecule has 2 rings (SSSR count). The molecule has 20 heavy (non-hydrogen) atoms. The molecule has 0 saturated heterocycles. The minimum Gasteiger partial charge on any atom is -0.295 e. The van der Waals surface area contributed by atoms with E-state index in [4.69, 9.17) is 0 Å². The summed E-state index contributed by atoms with van der Waals surface area (Å²) in [4.78, 5) is 13.4. The quantitative estimate of drug-likeness (QED) is 0.699. The predicted molar refractivity (Wildman–Crippen MR) is 87.1 cm³/mol. The lowest BCUT2D eigenvalue weighted by Crippen LogP contribution is -2.21. The highest BCUT2D eigenvalue weighted by molar-refractivity contribution is 7.11. The first-order valence-corrected chi connectivity index (χ1v) is 7.67. The van der Waals surface area contributed by atoms with Crippen LogP contribution < -0.4 is 0 Å². The van der Waals surface area contributed by atoms with Crippen LogP contribution in [0.5, 0.6) is 0 Å². The highest BCUT2D eigenvalue weighted by Crippen LogP contribution is 2.28. The number of hydrogen-bond donors (Lipinski definition) is 0. The molecule has 1 nitrogen and oxygen atoms in total. The van der Waals surface area contributed by atoms with Crippen molar-refractivity contribution in [2.45, 2.75) is 32.6 Å². The van der Waals surface area contributed by atoms with E-state index in [1.54, 1.807) is 17.4 Å². The zero-order chi connectivity index (χ0) is 14.6. The number of rotatable bonds is 5. The summed E-state index contributed by atoms with van der Waals surface area (Å²) in [5.74, 6) is 0.185. The van der Waals surface area contributed by atoms with Gasteiger partial charge in [0.2, 0.25) is 0 Å². The largest absolute Gasteiger partial charge is 0.295 e. The van der Waals surface area contributed by atoms with Crippen LogP contribution in [0, 0.1) is 0 Å². The van der Waals surface area contributed by atoms with Crippen molar-refractivity contribution in [1.29, 1.82) is 0 Å². The van der Waals surface area contributed by atoms with Gasteiger partial charge >= 0.3 is 0 Å². The molecule has 0 bridgehead atoms. The van der Waals surface area contributed by atoms with E-state index in [1.807, 2.05) is 42.6 Å². The molecular weight excluding hydrogens is 264 g/mol. The molecule has 0 aliphatic rings. The Morgan fingerprint density at radius 1 is 1.15 bits per heavy atom. The van der Waals surface area contributed by atoms with Gasteiger partial charge in [-0.15, -0.1) is 11.3 Å². The van der Waals surface area contributed by atoms with Crippen molar-refractivity contribution in [3.05, 3.63) is 64.4 Å². The zero-order valence-corrected chi connectivity index (χ0v) is 13.0. The lowest BCUT2D eigenvalue weighted by molar-refractivity contribution is -0.115. The average Bonchev–Trinajstić information content (AvgIpc) is 2.93. The molecule has 2 aromatic rings. The molecule has 0 radical (unpaired) electrons. The summed E-state index contributed by atoms with van der Waals surface area (Å²) in [5, 5.41) is 2.03. The van der Waals surface area contributed by atoms with E-state index in [0.717, 1.165) is 10.5 Å². The molecule has 1 aromatic heterocycles. The summed E-state index contributed by atoms with van der Waals surface area (Å²) >= 11 is 1.67. The first-order chi connectivity index (χ1) is 9.49. The van der Waals surface area contributed by atoms with Crippen LogP contribution in [-0.2, 0) is 10.2 Å². The predicted octanol–water partition coefficient (Wildman–Crippen LogP) is 5.09. The molecule has 0 aliphatic heterocycles. The van der Waals surface area contributed by atoms with Crippen molar-refractivity contribution in [2.75, 3.05) is 0 Å². The third kappa shape index (κ3) is 3.67. The molecule has 0 unspecified atom stereocenters. The van der Waals surface area contributed by atoms with Gasteiger partial charge in [0.15, 0.2) is 5.78 Å². The van der Waals surface area contributed by atoms with Crippen molar-refractivity contribution in [2.24, 2.45) is 0 Å². The SMILES string of the molecule is C/C(=C/C(=O)CC(C)(C)c1ccccc1)c1cccs1. The molecule has 0 N–H and O–H groups in total. The fraction of sp³-hybridized carbons (Fsp3) is 0.278. The van der Waals surface area contributed by atoms with E-state index in [1.165, 1.54) is 5.56 Å². The Hall–Kier alpha value is -1.67. The smallest absolute Gasteiger partial charge is 0.156 e. The molecule has 0 fully saturated rings. The number of carbonyl (C=O) groups is 1. The molecular formula is C18H20OS. The summed E-state index contributed by atoms with van der Waals surface area (Å²) < 4.78 is 0. The summed E-state index contributed by atoms with van der Waals surface area (Å²) in [7, 11) is 0. The number of benzene rings is 1. The highest BCUT2D eigenvalue weighted by atomic mass is 32.1. The Kier molecular flexibility index (Phi) is 4.56. The zero-order valence-electron chi connectivity index (χ0n) is 12.2. The Labute approximate surface area is 125 Å². The van der Waals surface area contributed by atoms with Crippen LogP contribution in [0.25, 0.3) is 5.57 Å². The van der Waals surface area contributed by atoms with Gasteiger partial charge in [0, 0.05) is 11.3 Å².